The number of thiophene rings is 1. The predicted molar refractivity (Wildman–Crippen MR) is 139 cm³/mol. The van der Waals surface area contributed by atoms with Crippen LogP contribution in [0.4, 0.5) is 10.7 Å². The van der Waals surface area contributed by atoms with Crippen LogP contribution in [0.2, 0.25) is 0 Å². The summed E-state index contributed by atoms with van der Waals surface area (Å²) >= 11 is 2.65. The lowest BCUT2D eigenvalue weighted by Crippen LogP contribution is -2.17. The van der Waals surface area contributed by atoms with E-state index in [1.807, 2.05) is 61.7 Å². The Morgan fingerprint density at radius 3 is 2.74 bits per heavy atom. The van der Waals surface area contributed by atoms with E-state index in [1.165, 1.54) is 23.1 Å². The van der Waals surface area contributed by atoms with Gasteiger partial charge in [0.1, 0.15) is 5.00 Å². The molecule has 10 heteroatoms. The first-order valence-electron chi connectivity index (χ1n) is 10.8. The van der Waals surface area contributed by atoms with Gasteiger partial charge in [-0.2, -0.15) is 0 Å². The Balaban J connectivity index is 1.77. The molecule has 0 saturated heterocycles. The molecule has 3 rings (SSSR count). The van der Waals surface area contributed by atoms with Crippen LogP contribution in [0, 0.1) is 13.8 Å². The molecule has 180 valence electrons. The van der Waals surface area contributed by atoms with Gasteiger partial charge in [0.05, 0.1) is 17.9 Å². The number of esters is 1. The number of anilines is 2. The van der Waals surface area contributed by atoms with E-state index in [0.717, 1.165) is 21.7 Å². The summed E-state index contributed by atoms with van der Waals surface area (Å²) < 4.78 is 7.10. The third kappa shape index (κ3) is 5.68. The Hall–Kier alpha value is -3.11. The van der Waals surface area contributed by atoms with Gasteiger partial charge in [-0.1, -0.05) is 30.0 Å². The predicted octanol–water partition coefficient (Wildman–Crippen LogP) is 4.78. The monoisotopic (exact) mass is 499 g/mol. The number of benzene rings is 1. The zero-order chi connectivity index (χ0) is 24.8. The third-order valence-corrected chi connectivity index (χ3v) is 7.19. The van der Waals surface area contributed by atoms with E-state index >= 15 is 0 Å². The van der Waals surface area contributed by atoms with Crippen molar-refractivity contribution in [1.29, 1.82) is 0 Å². The summed E-state index contributed by atoms with van der Waals surface area (Å²) in [6.45, 7) is 10.2. The van der Waals surface area contributed by atoms with E-state index in [0.29, 0.717) is 28.1 Å². The number of hydrogen-bond acceptors (Lipinski definition) is 8. The van der Waals surface area contributed by atoms with Crippen LogP contribution in [0.15, 0.2) is 42.1 Å². The number of thioether (sulfide) groups is 1. The van der Waals surface area contributed by atoms with Crippen molar-refractivity contribution < 1.29 is 14.3 Å². The molecule has 0 aliphatic heterocycles. The van der Waals surface area contributed by atoms with Gasteiger partial charge < -0.3 is 15.0 Å². The molecule has 0 saturated carbocycles. The molecule has 0 atom stereocenters. The molecule has 8 nitrogen and oxygen atoms in total. The molecule has 0 bridgehead atoms. The SMILES string of the molecule is C=CCn1c(SCC(=O)Nc2sc(C)c(C)c2C(=O)OCC)nnc1-c1cccc(N(C)C)c1. The van der Waals surface area contributed by atoms with Gasteiger partial charge in [-0.3, -0.25) is 9.36 Å². The van der Waals surface area contributed by atoms with E-state index in [1.54, 1.807) is 13.0 Å². The maximum atomic E-state index is 12.7. The minimum absolute atomic E-state index is 0.116. The summed E-state index contributed by atoms with van der Waals surface area (Å²) in [5, 5.41) is 12.7. The highest BCUT2D eigenvalue weighted by Crippen LogP contribution is 2.33. The Bertz CT molecular complexity index is 1200. The number of nitrogens with zero attached hydrogens (tertiary/aromatic N) is 4. The summed E-state index contributed by atoms with van der Waals surface area (Å²) in [6, 6.07) is 8.03. The Kier molecular flexibility index (Phi) is 8.51. The average Bonchev–Trinajstić information content (AvgIpc) is 3.32. The second-order valence-corrected chi connectivity index (χ2v) is 9.86. The fraction of sp³-hybridized carbons (Fsp3) is 0.333. The molecule has 1 aromatic carbocycles. The van der Waals surface area contributed by atoms with Gasteiger partial charge in [0.15, 0.2) is 11.0 Å². The number of hydrogen-bond donors (Lipinski definition) is 1. The molecule has 1 N–H and O–H groups in total. The fourth-order valence-corrected chi connectivity index (χ4v) is 5.10. The largest absolute Gasteiger partial charge is 0.462 e. The highest BCUT2D eigenvalue weighted by atomic mass is 32.2. The molecular formula is C24H29N5O3S2. The van der Waals surface area contributed by atoms with Crippen molar-refractivity contribution in [3.05, 3.63) is 52.9 Å². The van der Waals surface area contributed by atoms with Gasteiger partial charge in [0.2, 0.25) is 5.91 Å². The van der Waals surface area contributed by atoms with Gasteiger partial charge >= 0.3 is 5.97 Å². The van der Waals surface area contributed by atoms with Crippen molar-refractivity contribution in [3.63, 3.8) is 0 Å². The second kappa shape index (κ2) is 11.3. The number of aryl methyl sites for hydroxylation is 1. The Labute approximate surface area is 208 Å². The van der Waals surface area contributed by atoms with Crippen molar-refractivity contribution >= 4 is 45.7 Å². The van der Waals surface area contributed by atoms with E-state index in [-0.39, 0.29) is 18.3 Å². The summed E-state index contributed by atoms with van der Waals surface area (Å²) in [7, 11) is 3.97. The number of carbonyl (C=O) groups excluding carboxylic acids is 2. The summed E-state index contributed by atoms with van der Waals surface area (Å²) in [5.41, 5.74) is 3.22. The number of nitrogens with one attached hydrogen (secondary N) is 1. The van der Waals surface area contributed by atoms with Crippen LogP contribution in [0.3, 0.4) is 0 Å². The van der Waals surface area contributed by atoms with Crippen molar-refractivity contribution in [1.82, 2.24) is 14.8 Å². The topological polar surface area (TPSA) is 89.3 Å². The molecule has 0 aliphatic carbocycles. The minimum atomic E-state index is -0.428. The summed E-state index contributed by atoms with van der Waals surface area (Å²) in [5.74, 6) is 0.162. The Morgan fingerprint density at radius 2 is 2.06 bits per heavy atom. The molecule has 0 aliphatic rings. The van der Waals surface area contributed by atoms with Gasteiger partial charge in [0.25, 0.3) is 0 Å². The first-order valence-corrected chi connectivity index (χ1v) is 12.6. The molecule has 2 heterocycles. The number of aromatic nitrogens is 3. The molecule has 0 unspecified atom stereocenters. The van der Waals surface area contributed by atoms with Crippen molar-refractivity contribution in [2.45, 2.75) is 32.5 Å². The normalized spacial score (nSPS) is 10.7. The zero-order valence-electron chi connectivity index (χ0n) is 20.0. The van der Waals surface area contributed by atoms with Crippen LogP contribution < -0.4 is 10.2 Å². The maximum Gasteiger partial charge on any atom is 0.341 e. The van der Waals surface area contributed by atoms with Gasteiger partial charge in [0, 0.05) is 36.8 Å². The van der Waals surface area contributed by atoms with Crippen LogP contribution in [-0.2, 0) is 16.1 Å². The van der Waals surface area contributed by atoms with Crippen molar-refractivity contribution in [2.75, 3.05) is 36.7 Å². The lowest BCUT2D eigenvalue weighted by Gasteiger charge is -2.14. The van der Waals surface area contributed by atoms with Crippen LogP contribution in [0.1, 0.15) is 27.7 Å². The van der Waals surface area contributed by atoms with Crippen LogP contribution in [0.5, 0.6) is 0 Å². The van der Waals surface area contributed by atoms with Crippen molar-refractivity contribution in [2.24, 2.45) is 0 Å². The molecule has 1 amide bonds. The maximum absolute atomic E-state index is 12.7. The van der Waals surface area contributed by atoms with E-state index in [9.17, 15) is 9.59 Å². The second-order valence-electron chi connectivity index (χ2n) is 7.69. The minimum Gasteiger partial charge on any atom is -0.462 e. The number of carbonyl (C=O) groups is 2. The smallest absolute Gasteiger partial charge is 0.341 e. The van der Waals surface area contributed by atoms with Gasteiger partial charge in [-0.05, 0) is 38.5 Å². The highest BCUT2D eigenvalue weighted by Gasteiger charge is 2.22. The van der Waals surface area contributed by atoms with E-state index < -0.39 is 5.97 Å². The summed E-state index contributed by atoms with van der Waals surface area (Å²) in [4.78, 5) is 28.1. The number of ether oxygens (including phenoxy) is 1. The van der Waals surface area contributed by atoms with Gasteiger partial charge in [-0.15, -0.1) is 28.1 Å². The van der Waals surface area contributed by atoms with Gasteiger partial charge in [-0.25, -0.2) is 4.79 Å². The molecule has 2 aromatic heterocycles. The molecule has 3 aromatic rings. The molecule has 0 fully saturated rings. The fourth-order valence-electron chi connectivity index (χ4n) is 3.28. The standard InChI is InChI=1S/C24H29N5O3S2/c1-7-12-29-21(17-10-9-11-18(13-17)28(5)6)26-27-24(29)33-14-19(30)25-22-20(23(31)32-8-2)15(3)16(4)34-22/h7,9-11,13H,1,8,12,14H2,2-6H3,(H,25,30). The third-order valence-electron chi connectivity index (χ3n) is 5.10. The first kappa shape index (κ1) is 25.5. The number of rotatable bonds is 10. The van der Waals surface area contributed by atoms with Crippen LogP contribution in [0.25, 0.3) is 11.4 Å². The van der Waals surface area contributed by atoms with E-state index in [4.69, 9.17) is 4.74 Å². The molecular weight excluding hydrogens is 470 g/mol. The molecule has 0 spiro atoms. The lowest BCUT2D eigenvalue weighted by molar-refractivity contribution is -0.113. The van der Waals surface area contributed by atoms with Crippen LogP contribution in [-0.4, -0.2) is 53.1 Å². The first-order chi connectivity index (χ1) is 16.3. The number of allylic oxidation sites excluding steroid dienone is 1. The zero-order valence-corrected chi connectivity index (χ0v) is 21.7. The molecule has 34 heavy (non-hydrogen) atoms. The lowest BCUT2D eigenvalue weighted by atomic mass is 10.1. The van der Waals surface area contributed by atoms with Crippen LogP contribution >= 0.6 is 23.1 Å². The Morgan fingerprint density at radius 1 is 1.29 bits per heavy atom. The van der Waals surface area contributed by atoms with Crippen molar-refractivity contribution in [3.8, 4) is 11.4 Å². The number of amides is 1. The quantitative estimate of drug-likeness (QED) is 0.244. The molecule has 0 radical (unpaired) electrons. The average molecular weight is 500 g/mol. The summed E-state index contributed by atoms with van der Waals surface area (Å²) in [6.07, 6.45) is 1.77. The van der Waals surface area contributed by atoms with E-state index in [2.05, 4.69) is 22.1 Å². The highest BCUT2D eigenvalue weighted by molar-refractivity contribution is 7.99.